The van der Waals surface area contributed by atoms with Crippen LogP contribution >= 0.6 is 0 Å². The van der Waals surface area contributed by atoms with Crippen molar-refractivity contribution in [2.24, 2.45) is 0 Å². The molecule has 0 heterocycles. The zero-order valence-electron chi connectivity index (χ0n) is 5.40. The minimum absolute atomic E-state index is 0.204. The number of hydrogen-bond acceptors (Lipinski definition) is 1. The fourth-order valence-corrected chi connectivity index (χ4v) is 0.373. The molecule has 0 atom stereocenters. The number of carbonyl (C=O) groups excluding carboxylic acids is 1. The number of ketones is 1. The molecule has 0 aromatic rings. The molecule has 0 fully saturated rings. The summed E-state index contributed by atoms with van der Waals surface area (Å²) in [6.07, 6.45) is 1.32. The predicted molar refractivity (Wildman–Crippen MR) is 33.4 cm³/mol. The highest BCUT2D eigenvalue weighted by Crippen LogP contribution is 1.99. The molecule has 0 amide bonds. The molecule has 0 bridgehead atoms. The maximum atomic E-state index is 10.3. The predicted octanol–water partition coefficient (Wildman–Crippen LogP) is 1.73. The molecule has 0 N–H and O–H groups in total. The number of carbonyl (C=O) groups is 1. The summed E-state index contributed by atoms with van der Waals surface area (Å²) in [5.74, 6) is 0.204. The first-order valence-corrected chi connectivity index (χ1v) is 2.70. The first-order valence-electron chi connectivity index (χ1n) is 2.70. The van der Waals surface area contributed by atoms with Crippen molar-refractivity contribution in [3.63, 3.8) is 0 Å². The molecule has 1 nitrogen and oxygen atoms in total. The third-order valence-electron chi connectivity index (χ3n) is 0.871. The molecule has 0 unspecified atom stereocenters. The number of Topliss-reactive ketones (excluding diaryl/α,β-unsaturated/α-hetero) is 1. The quantitative estimate of drug-likeness (QED) is 0.542. The van der Waals surface area contributed by atoms with Gasteiger partial charge in [0.05, 0.1) is 0 Å². The third-order valence-corrected chi connectivity index (χ3v) is 0.871. The highest BCUT2D eigenvalue weighted by atomic mass is 16.1. The van der Waals surface area contributed by atoms with E-state index in [2.05, 4.69) is 0 Å². The van der Waals surface area contributed by atoms with Gasteiger partial charge in [-0.3, -0.25) is 0 Å². The molecule has 0 aromatic heterocycles. The van der Waals surface area contributed by atoms with Crippen LogP contribution in [0.3, 0.4) is 0 Å². The lowest BCUT2D eigenvalue weighted by Gasteiger charge is -1.91. The summed E-state index contributed by atoms with van der Waals surface area (Å²) in [4.78, 5) is 10.3. The van der Waals surface area contributed by atoms with Crippen molar-refractivity contribution in [1.29, 1.82) is 0 Å². The van der Waals surface area contributed by atoms with Gasteiger partial charge in [-0.05, 0) is 20.3 Å². The van der Waals surface area contributed by atoms with Gasteiger partial charge in [-0.25, -0.2) is 0 Å². The highest BCUT2D eigenvalue weighted by Gasteiger charge is 1.91. The van der Waals surface area contributed by atoms with E-state index in [4.69, 9.17) is 6.58 Å². The molecular formula is C7H11O. The molecular weight excluding hydrogens is 100 g/mol. The van der Waals surface area contributed by atoms with Crippen LogP contribution in [0.15, 0.2) is 5.57 Å². The van der Waals surface area contributed by atoms with E-state index >= 15 is 0 Å². The van der Waals surface area contributed by atoms with Gasteiger partial charge in [0.25, 0.3) is 0 Å². The van der Waals surface area contributed by atoms with Crippen molar-refractivity contribution in [1.82, 2.24) is 0 Å². The molecule has 0 saturated carbocycles. The van der Waals surface area contributed by atoms with Crippen molar-refractivity contribution in [2.75, 3.05) is 0 Å². The second kappa shape index (κ2) is 3.42. The van der Waals surface area contributed by atoms with E-state index in [1.807, 2.05) is 6.92 Å². The maximum absolute atomic E-state index is 10.3. The first kappa shape index (κ1) is 7.41. The van der Waals surface area contributed by atoms with Gasteiger partial charge in [0.1, 0.15) is 5.78 Å². The monoisotopic (exact) mass is 111 g/mol. The van der Waals surface area contributed by atoms with Crippen molar-refractivity contribution in [2.45, 2.75) is 26.7 Å². The Morgan fingerprint density at radius 2 is 1.88 bits per heavy atom. The summed E-state index contributed by atoms with van der Waals surface area (Å²) >= 11 is 0. The van der Waals surface area contributed by atoms with E-state index in [1.54, 1.807) is 6.92 Å². The summed E-state index contributed by atoms with van der Waals surface area (Å²) < 4.78 is 0. The summed E-state index contributed by atoms with van der Waals surface area (Å²) in [6.45, 7) is 8.70. The van der Waals surface area contributed by atoms with Crippen LogP contribution in [-0.2, 0) is 4.79 Å². The van der Waals surface area contributed by atoms with E-state index in [1.165, 1.54) is 0 Å². The molecule has 0 saturated heterocycles. The van der Waals surface area contributed by atoms with Crippen LogP contribution in [0, 0.1) is 6.58 Å². The maximum Gasteiger partial charge on any atom is 0.130 e. The minimum atomic E-state index is 0.204. The van der Waals surface area contributed by atoms with Crippen LogP contribution < -0.4 is 0 Å². The largest absolute Gasteiger partial charge is 0.300 e. The minimum Gasteiger partial charge on any atom is -0.300 e. The fraction of sp³-hybridized carbons (Fsp3) is 0.571. The SMILES string of the molecule is [CH]=C(C)CCC(C)=O. The first-order chi connectivity index (χ1) is 3.63. The second-order valence-electron chi connectivity index (χ2n) is 2.05. The van der Waals surface area contributed by atoms with Gasteiger partial charge in [0.15, 0.2) is 0 Å². The van der Waals surface area contributed by atoms with Crippen LogP contribution in [0.4, 0.5) is 0 Å². The molecule has 45 valence electrons. The normalized spacial score (nSPS) is 8.75. The standard InChI is InChI=1S/C7H11O/c1-6(2)4-5-7(3)8/h1H,4-5H2,2-3H3. The molecule has 0 aliphatic carbocycles. The molecule has 0 aromatic carbocycles. The molecule has 0 spiro atoms. The molecule has 0 aliphatic heterocycles. The van der Waals surface area contributed by atoms with Gasteiger partial charge < -0.3 is 4.79 Å². The van der Waals surface area contributed by atoms with Crippen LogP contribution in [-0.4, -0.2) is 5.78 Å². The molecule has 0 rings (SSSR count). The third kappa shape index (κ3) is 5.41. The van der Waals surface area contributed by atoms with Crippen molar-refractivity contribution in [3.8, 4) is 0 Å². The molecule has 8 heavy (non-hydrogen) atoms. The Morgan fingerprint density at radius 3 is 2.00 bits per heavy atom. The fourth-order valence-electron chi connectivity index (χ4n) is 0.373. The Morgan fingerprint density at radius 1 is 1.38 bits per heavy atom. The number of allylic oxidation sites excluding steroid dienone is 1. The molecule has 1 radical (unpaired) electrons. The van der Waals surface area contributed by atoms with Gasteiger partial charge in [0, 0.05) is 6.42 Å². The Balaban J connectivity index is 3.18. The van der Waals surface area contributed by atoms with Crippen molar-refractivity contribution in [3.05, 3.63) is 12.2 Å². The average Bonchev–Trinajstić information content (AvgIpc) is 1.61. The molecule has 1 heteroatoms. The zero-order valence-corrected chi connectivity index (χ0v) is 5.40. The highest BCUT2D eigenvalue weighted by molar-refractivity contribution is 5.75. The summed E-state index contributed by atoms with van der Waals surface area (Å²) in [5.41, 5.74) is 0.834. The lowest BCUT2D eigenvalue weighted by molar-refractivity contribution is -0.116. The number of hydrogen-bond donors (Lipinski definition) is 0. The van der Waals surface area contributed by atoms with E-state index in [0.717, 1.165) is 12.0 Å². The van der Waals surface area contributed by atoms with Crippen LogP contribution in [0.5, 0.6) is 0 Å². The van der Waals surface area contributed by atoms with E-state index < -0.39 is 0 Å². The Labute approximate surface area is 50.4 Å². The van der Waals surface area contributed by atoms with Gasteiger partial charge in [-0.1, -0.05) is 12.2 Å². The van der Waals surface area contributed by atoms with Crippen LogP contribution in [0.1, 0.15) is 26.7 Å². The lowest BCUT2D eigenvalue weighted by atomic mass is 10.1. The van der Waals surface area contributed by atoms with Crippen LogP contribution in [0.25, 0.3) is 0 Å². The summed E-state index contributed by atoms with van der Waals surface area (Å²) in [7, 11) is 0. The Bertz CT molecular complexity index is 89.0. The van der Waals surface area contributed by atoms with Gasteiger partial charge in [-0.2, -0.15) is 0 Å². The van der Waals surface area contributed by atoms with E-state index in [0.29, 0.717) is 6.42 Å². The van der Waals surface area contributed by atoms with E-state index in [-0.39, 0.29) is 5.78 Å². The van der Waals surface area contributed by atoms with E-state index in [9.17, 15) is 4.79 Å². The second-order valence-corrected chi connectivity index (χ2v) is 2.05. The van der Waals surface area contributed by atoms with Gasteiger partial charge in [0.2, 0.25) is 0 Å². The van der Waals surface area contributed by atoms with Crippen molar-refractivity contribution < 1.29 is 4.79 Å². The summed E-state index contributed by atoms with van der Waals surface area (Å²) in [5, 5.41) is 0. The van der Waals surface area contributed by atoms with Gasteiger partial charge >= 0.3 is 0 Å². The Kier molecular flexibility index (Phi) is 3.16. The Hall–Kier alpha value is -0.590. The smallest absolute Gasteiger partial charge is 0.130 e. The number of rotatable bonds is 3. The van der Waals surface area contributed by atoms with Gasteiger partial charge in [-0.15, -0.1) is 0 Å². The zero-order chi connectivity index (χ0) is 6.57. The molecule has 0 aliphatic rings. The average molecular weight is 111 g/mol. The summed E-state index contributed by atoms with van der Waals surface area (Å²) in [6, 6.07) is 0. The van der Waals surface area contributed by atoms with Crippen LogP contribution in [0.2, 0.25) is 0 Å². The lowest BCUT2D eigenvalue weighted by Crippen LogP contribution is -1.88. The topological polar surface area (TPSA) is 17.1 Å². The van der Waals surface area contributed by atoms with Crippen molar-refractivity contribution >= 4 is 5.78 Å².